The lowest BCUT2D eigenvalue weighted by atomic mass is 10.2. The summed E-state index contributed by atoms with van der Waals surface area (Å²) < 4.78 is 2.09. The molecule has 2 heterocycles. The highest BCUT2D eigenvalue weighted by Crippen LogP contribution is 2.22. The van der Waals surface area contributed by atoms with Crippen LogP contribution in [-0.4, -0.2) is 35.7 Å². The summed E-state index contributed by atoms with van der Waals surface area (Å²) in [6.45, 7) is 2.18. The summed E-state index contributed by atoms with van der Waals surface area (Å²) >= 11 is 0. The van der Waals surface area contributed by atoms with Gasteiger partial charge in [0.15, 0.2) is 0 Å². The van der Waals surface area contributed by atoms with E-state index in [0.29, 0.717) is 6.04 Å². The topological polar surface area (TPSA) is 33.1 Å². The van der Waals surface area contributed by atoms with Crippen molar-refractivity contribution in [3.05, 3.63) is 12.4 Å². The summed E-state index contributed by atoms with van der Waals surface area (Å²) in [5, 5.41) is 3.24. The number of rotatable bonds is 3. The smallest absolute Gasteiger partial charge is 0.205 e. The molecule has 1 fully saturated rings. The van der Waals surface area contributed by atoms with Gasteiger partial charge in [0.1, 0.15) is 0 Å². The Kier molecular flexibility index (Phi) is 2.72. The predicted octanol–water partition coefficient (Wildman–Crippen LogP) is 0.608. The van der Waals surface area contributed by atoms with Gasteiger partial charge in [0.25, 0.3) is 0 Å². The van der Waals surface area contributed by atoms with Crippen molar-refractivity contribution in [2.75, 3.05) is 25.0 Å². The van der Waals surface area contributed by atoms with Crippen LogP contribution in [0.5, 0.6) is 0 Å². The Bertz CT molecular complexity index is 294. The quantitative estimate of drug-likeness (QED) is 0.765. The van der Waals surface area contributed by atoms with E-state index in [4.69, 9.17) is 0 Å². The van der Waals surface area contributed by atoms with Crippen molar-refractivity contribution >= 4 is 5.95 Å². The second-order valence-corrected chi connectivity index (χ2v) is 3.89. The maximum atomic E-state index is 4.39. The highest BCUT2D eigenvalue weighted by atomic mass is 15.3. The van der Waals surface area contributed by atoms with Crippen LogP contribution >= 0.6 is 0 Å². The minimum absolute atomic E-state index is 0.612. The molecule has 1 aliphatic rings. The molecule has 0 saturated carbocycles. The Hall–Kier alpha value is -1.03. The minimum atomic E-state index is 0.612. The number of likely N-dealkylation sites (N-methyl/N-ethyl adjacent to an activating group) is 1. The van der Waals surface area contributed by atoms with E-state index in [-0.39, 0.29) is 0 Å². The molecule has 1 saturated heterocycles. The van der Waals surface area contributed by atoms with E-state index in [1.165, 1.54) is 12.8 Å². The monoisotopic (exact) mass is 194 g/mol. The molecule has 1 N–H and O–H groups in total. The SMILES string of the molecule is CNCC1CCCN1c1nccn1C. The fraction of sp³-hybridized carbons (Fsp3) is 0.700. The van der Waals surface area contributed by atoms with Gasteiger partial charge in [-0.15, -0.1) is 0 Å². The van der Waals surface area contributed by atoms with Gasteiger partial charge < -0.3 is 14.8 Å². The van der Waals surface area contributed by atoms with Crippen LogP contribution in [0.4, 0.5) is 5.95 Å². The molecule has 0 bridgehead atoms. The van der Waals surface area contributed by atoms with Crippen LogP contribution in [0.3, 0.4) is 0 Å². The number of aryl methyl sites for hydroxylation is 1. The van der Waals surface area contributed by atoms with Crippen molar-refractivity contribution in [1.29, 1.82) is 0 Å². The molecule has 0 spiro atoms. The van der Waals surface area contributed by atoms with Crippen LogP contribution in [0.15, 0.2) is 12.4 Å². The average molecular weight is 194 g/mol. The molecule has 1 unspecified atom stereocenters. The van der Waals surface area contributed by atoms with E-state index in [1.807, 2.05) is 19.4 Å². The third-order valence-corrected chi connectivity index (χ3v) is 2.87. The average Bonchev–Trinajstić information content (AvgIpc) is 2.74. The van der Waals surface area contributed by atoms with E-state index in [0.717, 1.165) is 19.0 Å². The van der Waals surface area contributed by atoms with Gasteiger partial charge in [0.2, 0.25) is 5.95 Å². The molecule has 0 amide bonds. The lowest BCUT2D eigenvalue weighted by molar-refractivity contribution is 0.601. The van der Waals surface area contributed by atoms with E-state index in [2.05, 4.69) is 26.8 Å². The molecule has 1 aromatic rings. The van der Waals surface area contributed by atoms with E-state index >= 15 is 0 Å². The highest BCUT2D eigenvalue weighted by molar-refractivity contribution is 5.34. The summed E-state index contributed by atoms with van der Waals surface area (Å²) in [4.78, 5) is 6.79. The third-order valence-electron chi connectivity index (χ3n) is 2.87. The molecule has 78 valence electrons. The molecule has 1 aromatic heterocycles. The number of imidazole rings is 1. The first kappa shape index (κ1) is 9.52. The van der Waals surface area contributed by atoms with Gasteiger partial charge in [-0.05, 0) is 19.9 Å². The summed E-state index contributed by atoms with van der Waals surface area (Å²) in [6, 6.07) is 0.612. The van der Waals surface area contributed by atoms with Crippen molar-refractivity contribution < 1.29 is 0 Å². The van der Waals surface area contributed by atoms with Gasteiger partial charge >= 0.3 is 0 Å². The summed E-state index contributed by atoms with van der Waals surface area (Å²) in [5.41, 5.74) is 0. The van der Waals surface area contributed by atoms with Crippen molar-refractivity contribution in [3.8, 4) is 0 Å². The first-order valence-electron chi connectivity index (χ1n) is 5.21. The van der Waals surface area contributed by atoms with Gasteiger partial charge in [-0.1, -0.05) is 0 Å². The molecular formula is C10H18N4. The lowest BCUT2D eigenvalue weighted by Gasteiger charge is -2.25. The molecule has 0 aromatic carbocycles. The molecule has 2 rings (SSSR count). The molecule has 1 aliphatic heterocycles. The van der Waals surface area contributed by atoms with Crippen LogP contribution in [0.25, 0.3) is 0 Å². The van der Waals surface area contributed by atoms with Gasteiger partial charge in [-0.25, -0.2) is 4.98 Å². The van der Waals surface area contributed by atoms with E-state index in [9.17, 15) is 0 Å². The minimum Gasteiger partial charge on any atom is -0.338 e. The Morgan fingerprint density at radius 3 is 3.14 bits per heavy atom. The second-order valence-electron chi connectivity index (χ2n) is 3.89. The number of anilines is 1. The zero-order chi connectivity index (χ0) is 9.97. The molecule has 0 radical (unpaired) electrons. The zero-order valence-electron chi connectivity index (χ0n) is 8.90. The predicted molar refractivity (Wildman–Crippen MR) is 57.5 cm³/mol. The first-order valence-corrected chi connectivity index (χ1v) is 5.21. The van der Waals surface area contributed by atoms with Crippen molar-refractivity contribution in [2.24, 2.45) is 7.05 Å². The van der Waals surface area contributed by atoms with E-state index < -0.39 is 0 Å². The Labute approximate surface area is 84.9 Å². The summed E-state index contributed by atoms with van der Waals surface area (Å²) in [6.07, 6.45) is 6.42. The number of hydrogen-bond donors (Lipinski definition) is 1. The van der Waals surface area contributed by atoms with Crippen molar-refractivity contribution in [2.45, 2.75) is 18.9 Å². The van der Waals surface area contributed by atoms with Crippen LogP contribution in [0, 0.1) is 0 Å². The van der Waals surface area contributed by atoms with Crippen LogP contribution in [0.2, 0.25) is 0 Å². The molecular weight excluding hydrogens is 176 g/mol. The Morgan fingerprint density at radius 1 is 1.64 bits per heavy atom. The van der Waals surface area contributed by atoms with E-state index in [1.54, 1.807) is 0 Å². The third kappa shape index (κ3) is 1.62. The fourth-order valence-corrected chi connectivity index (χ4v) is 2.18. The van der Waals surface area contributed by atoms with Crippen LogP contribution in [0.1, 0.15) is 12.8 Å². The van der Waals surface area contributed by atoms with Crippen LogP contribution in [-0.2, 0) is 7.05 Å². The standard InChI is InChI=1S/C10H18N4/c1-11-8-9-4-3-6-14(9)10-12-5-7-13(10)2/h5,7,9,11H,3-4,6,8H2,1-2H3. The molecule has 4 heteroatoms. The Balaban J connectivity index is 2.13. The van der Waals surface area contributed by atoms with Crippen molar-refractivity contribution in [1.82, 2.24) is 14.9 Å². The van der Waals surface area contributed by atoms with Gasteiger partial charge in [0.05, 0.1) is 0 Å². The maximum Gasteiger partial charge on any atom is 0.205 e. The molecule has 1 atom stereocenters. The highest BCUT2D eigenvalue weighted by Gasteiger charge is 2.26. The summed E-state index contributed by atoms with van der Waals surface area (Å²) in [7, 11) is 4.06. The number of aromatic nitrogens is 2. The number of hydrogen-bond acceptors (Lipinski definition) is 3. The summed E-state index contributed by atoms with van der Waals surface area (Å²) in [5.74, 6) is 1.10. The lowest BCUT2D eigenvalue weighted by Crippen LogP contribution is -2.38. The Morgan fingerprint density at radius 2 is 2.50 bits per heavy atom. The van der Waals surface area contributed by atoms with Crippen LogP contribution < -0.4 is 10.2 Å². The molecule has 4 nitrogen and oxygen atoms in total. The normalized spacial score (nSPS) is 21.9. The molecule has 0 aliphatic carbocycles. The van der Waals surface area contributed by atoms with Gasteiger partial charge in [-0.3, -0.25) is 0 Å². The number of nitrogens with zero attached hydrogens (tertiary/aromatic N) is 3. The zero-order valence-corrected chi connectivity index (χ0v) is 8.90. The van der Waals surface area contributed by atoms with Crippen molar-refractivity contribution in [3.63, 3.8) is 0 Å². The van der Waals surface area contributed by atoms with Gasteiger partial charge in [0, 0.05) is 38.6 Å². The maximum absolute atomic E-state index is 4.39. The second kappa shape index (κ2) is 4.00. The fourth-order valence-electron chi connectivity index (χ4n) is 2.18. The first-order chi connectivity index (χ1) is 6.83. The largest absolute Gasteiger partial charge is 0.338 e. The number of nitrogens with one attached hydrogen (secondary N) is 1. The van der Waals surface area contributed by atoms with Gasteiger partial charge in [-0.2, -0.15) is 0 Å². The molecule has 14 heavy (non-hydrogen) atoms.